The van der Waals surface area contributed by atoms with Crippen LogP contribution in [0.4, 0.5) is 13.2 Å². The van der Waals surface area contributed by atoms with Crippen molar-refractivity contribution < 1.29 is 23.0 Å². The summed E-state index contributed by atoms with van der Waals surface area (Å²) < 4.78 is 43.4. The summed E-state index contributed by atoms with van der Waals surface area (Å²) in [6.07, 6.45) is -4.37. The number of imidazole rings is 1. The quantitative estimate of drug-likeness (QED) is 0.478. The van der Waals surface area contributed by atoms with Crippen LogP contribution in [0.1, 0.15) is 17.0 Å². The largest absolute Gasteiger partial charge is 0.486 e. The Balaban J connectivity index is 1.50. The standard InChI is InChI=1S/C22H17F3N2O2/c23-22(24,25)17-5-7-18(8-6-17)29-13-21-26-19-9-4-16(11-20(19)27-21)15-3-1-2-14(10-15)12-28/h1-11,28H,12-13H2,(H,26,27). The lowest BCUT2D eigenvalue weighted by molar-refractivity contribution is -0.137. The molecule has 1 aromatic heterocycles. The number of alkyl halides is 3. The topological polar surface area (TPSA) is 58.1 Å². The second kappa shape index (κ2) is 7.60. The summed E-state index contributed by atoms with van der Waals surface area (Å²) in [6, 6.07) is 18.0. The SMILES string of the molecule is OCc1cccc(-c2ccc3nc(COc4ccc(C(F)(F)F)cc4)[nH]c3c2)c1. The number of fused-ring (bicyclic) bond motifs is 1. The molecule has 0 spiro atoms. The molecule has 0 unspecified atom stereocenters. The molecule has 0 aliphatic heterocycles. The summed E-state index contributed by atoms with van der Waals surface area (Å²) in [5.41, 5.74) is 3.66. The Morgan fingerprint density at radius 3 is 2.41 bits per heavy atom. The van der Waals surface area contributed by atoms with Gasteiger partial charge in [0, 0.05) is 0 Å². The minimum Gasteiger partial charge on any atom is -0.486 e. The molecule has 29 heavy (non-hydrogen) atoms. The van der Waals surface area contributed by atoms with E-state index in [1.165, 1.54) is 12.1 Å². The fourth-order valence-electron chi connectivity index (χ4n) is 3.05. The highest BCUT2D eigenvalue weighted by Gasteiger charge is 2.30. The maximum atomic E-state index is 12.6. The monoisotopic (exact) mass is 398 g/mol. The van der Waals surface area contributed by atoms with Crippen LogP contribution in [-0.2, 0) is 19.4 Å². The number of aliphatic hydroxyl groups excluding tert-OH is 1. The van der Waals surface area contributed by atoms with E-state index in [9.17, 15) is 18.3 Å². The number of aliphatic hydroxyl groups is 1. The molecule has 0 saturated carbocycles. The number of nitrogens with one attached hydrogen (secondary N) is 1. The Morgan fingerprint density at radius 2 is 1.69 bits per heavy atom. The first-order chi connectivity index (χ1) is 13.9. The molecule has 3 aromatic carbocycles. The average Bonchev–Trinajstić information content (AvgIpc) is 3.14. The van der Waals surface area contributed by atoms with Gasteiger partial charge in [0.2, 0.25) is 0 Å². The lowest BCUT2D eigenvalue weighted by Gasteiger charge is -2.08. The Hall–Kier alpha value is -3.32. The Bertz CT molecular complexity index is 1130. The summed E-state index contributed by atoms with van der Waals surface area (Å²) in [6.45, 7) is 0.0843. The molecule has 4 nitrogen and oxygen atoms in total. The third-order valence-electron chi connectivity index (χ3n) is 4.53. The molecule has 0 aliphatic rings. The number of rotatable bonds is 5. The van der Waals surface area contributed by atoms with E-state index in [0.717, 1.165) is 39.9 Å². The molecule has 1 heterocycles. The summed E-state index contributed by atoms with van der Waals surface area (Å²) in [4.78, 5) is 7.63. The number of hydrogen-bond donors (Lipinski definition) is 2. The molecule has 2 N–H and O–H groups in total. The number of aromatic amines is 1. The molecule has 148 valence electrons. The molecule has 0 atom stereocenters. The van der Waals surface area contributed by atoms with Gasteiger partial charge in [-0.2, -0.15) is 13.2 Å². The first kappa shape index (κ1) is 19.0. The predicted molar refractivity (Wildman–Crippen MR) is 103 cm³/mol. The number of hydrogen-bond acceptors (Lipinski definition) is 3. The highest BCUT2D eigenvalue weighted by atomic mass is 19.4. The van der Waals surface area contributed by atoms with E-state index in [1.54, 1.807) is 0 Å². The smallest absolute Gasteiger partial charge is 0.416 e. The van der Waals surface area contributed by atoms with Gasteiger partial charge in [-0.05, 0) is 59.2 Å². The molecule has 4 rings (SSSR count). The molecule has 0 radical (unpaired) electrons. The van der Waals surface area contributed by atoms with Crippen molar-refractivity contribution in [2.45, 2.75) is 19.4 Å². The van der Waals surface area contributed by atoms with Gasteiger partial charge < -0.3 is 14.8 Å². The van der Waals surface area contributed by atoms with E-state index in [1.807, 2.05) is 42.5 Å². The van der Waals surface area contributed by atoms with E-state index in [2.05, 4.69) is 9.97 Å². The molecule has 0 amide bonds. The number of aromatic nitrogens is 2. The minimum absolute atomic E-state index is 0.0222. The van der Waals surface area contributed by atoms with E-state index >= 15 is 0 Å². The number of nitrogens with zero attached hydrogens (tertiary/aromatic N) is 1. The van der Waals surface area contributed by atoms with Crippen molar-refractivity contribution >= 4 is 11.0 Å². The van der Waals surface area contributed by atoms with Crippen molar-refractivity contribution in [2.75, 3.05) is 0 Å². The van der Waals surface area contributed by atoms with Crippen molar-refractivity contribution in [3.8, 4) is 16.9 Å². The van der Waals surface area contributed by atoms with Gasteiger partial charge in [0.05, 0.1) is 23.2 Å². The predicted octanol–water partition coefficient (Wildman–Crippen LogP) is 5.32. The van der Waals surface area contributed by atoms with Gasteiger partial charge >= 0.3 is 6.18 Å². The van der Waals surface area contributed by atoms with Crippen LogP contribution in [0.5, 0.6) is 5.75 Å². The summed E-state index contributed by atoms with van der Waals surface area (Å²) in [5, 5.41) is 9.31. The van der Waals surface area contributed by atoms with Crippen LogP contribution in [0.2, 0.25) is 0 Å². The van der Waals surface area contributed by atoms with Crippen molar-refractivity contribution in [3.63, 3.8) is 0 Å². The number of H-pyrrole nitrogens is 1. The van der Waals surface area contributed by atoms with Gasteiger partial charge in [0.15, 0.2) is 0 Å². The van der Waals surface area contributed by atoms with Crippen LogP contribution >= 0.6 is 0 Å². The molecule has 0 bridgehead atoms. The Labute approximate surface area is 164 Å². The van der Waals surface area contributed by atoms with Gasteiger partial charge in [-0.15, -0.1) is 0 Å². The second-order valence-electron chi connectivity index (χ2n) is 6.58. The van der Waals surface area contributed by atoms with Crippen LogP contribution in [0.25, 0.3) is 22.2 Å². The van der Waals surface area contributed by atoms with E-state index in [0.29, 0.717) is 11.6 Å². The highest BCUT2D eigenvalue weighted by molar-refractivity contribution is 5.82. The van der Waals surface area contributed by atoms with Crippen molar-refractivity contribution in [1.82, 2.24) is 9.97 Å². The van der Waals surface area contributed by atoms with Crippen molar-refractivity contribution in [1.29, 1.82) is 0 Å². The Kier molecular flexibility index (Phi) is 4.98. The zero-order valence-corrected chi connectivity index (χ0v) is 15.2. The first-order valence-electron chi connectivity index (χ1n) is 8.91. The van der Waals surface area contributed by atoms with E-state index < -0.39 is 11.7 Å². The Morgan fingerprint density at radius 1 is 0.931 bits per heavy atom. The van der Waals surface area contributed by atoms with Crippen molar-refractivity contribution in [3.05, 3.63) is 83.7 Å². The van der Waals surface area contributed by atoms with Crippen LogP contribution in [0, 0.1) is 0 Å². The van der Waals surface area contributed by atoms with E-state index in [-0.39, 0.29) is 13.2 Å². The average molecular weight is 398 g/mol. The van der Waals surface area contributed by atoms with Gasteiger partial charge in [0.25, 0.3) is 0 Å². The molecule has 0 fully saturated rings. The van der Waals surface area contributed by atoms with Crippen LogP contribution in [0.3, 0.4) is 0 Å². The van der Waals surface area contributed by atoms with Gasteiger partial charge in [0.1, 0.15) is 18.2 Å². The maximum absolute atomic E-state index is 12.6. The first-order valence-corrected chi connectivity index (χ1v) is 8.91. The number of benzene rings is 3. The molecule has 7 heteroatoms. The highest BCUT2D eigenvalue weighted by Crippen LogP contribution is 2.30. The fraction of sp³-hybridized carbons (Fsp3) is 0.136. The lowest BCUT2D eigenvalue weighted by Crippen LogP contribution is -2.04. The summed E-state index contributed by atoms with van der Waals surface area (Å²) in [7, 11) is 0. The third kappa shape index (κ3) is 4.25. The third-order valence-corrected chi connectivity index (χ3v) is 4.53. The normalized spacial score (nSPS) is 11.7. The van der Waals surface area contributed by atoms with Gasteiger partial charge in [-0.3, -0.25) is 0 Å². The zero-order valence-electron chi connectivity index (χ0n) is 15.2. The molecular formula is C22H17F3N2O2. The number of ether oxygens (including phenoxy) is 1. The van der Waals surface area contributed by atoms with E-state index in [4.69, 9.17) is 4.74 Å². The molecular weight excluding hydrogens is 381 g/mol. The maximum Gasteiger partial charge on any atom is 0.416 e. The van der Waals surface area contributed by atoms with Crippen LogP contribution < -0.4 is 4.74 Å². The number of halogens is 3. The molecule has 0 saturated heterocycles. The molecule has 4 aromatic rings. The summed E-state index contributed by atoms with van der Waals surface area (Å²) >= 11 is 0. The minimum atomic E-state index is -4.37. The second-order valence-corrected chi connectivity index (χ2v) is 6.58. The zero-order chi connectivity index (χ0) is 20.4. The lowest BCUT2D eigenvalue weighted by atomic mass is 10.0. The summed E-state index contributed by atoms with van der Waals surface area (Å²) in [5.74, 6) is 0.904. The van der Waals surface area contributed by atoms with Gasteiger partial charge in [-0.25, -0.2) is 4.98 Å². The van der Waals surface area contributed by atoms with Crippen LogP contribution in [-0.4, -0.2) is 15.1 Å². The van der Waals surface area contributed by atoms with Gasteiger partial charge in [-0.1, -0.05) is 24.3 Å². The molecule has 0 aliphatic carbocycles. The van der Waals surface area contributed by atoms with Crippen LogP contribution in [0.15, 0.2) is 66.7 Å². The fourth-order valence-corrected chi connectivity index (χ4v) is 3.05. The van der Waals surface area contributed by atoms with Crippen molar-refractivity contribution in [2.24, 2.45) is 0 Å².